The summed E-state index contributed by atoms with van der Waals surface area (Å²) in [6, 6.07) is 3.79. The predicted octanol–water partition coefficient (Wildman–Crippen LogP) is 5.94. The van der Waals surface area contributed by atoms with Gasteiger partial charge in [-0.3, -0.25) is 19.8 Å². The number of ether oxygens (including phenoxy) is 2. The highest BCUT2D eigenvalue weighted by Crippen LogP contribution is 2.41. The summed E-state index contributed by atoms with van der Waals surface area (Å²) in [6.07, 6.45) is 9.37. The molecule has 0 saturated carbocycles. The number of hydrogen-bond acceptors (Lipinski definition) is 9. The number of carbonyl (C=O) groups excluding carboxylic acids is 1. The number of fused-ring (bicyclic) bond motifs is 4. The van der Waals surface area contributed by atoms with Gasteiger partial charge in [0.1, 0.15) is 29.2 Å². The Kier molecular flexibility index (Phi) is 7.57. The maximum absolute atomic E-state index is 16.6. The standard InChI is InChI=1S/C34H44FN7O3/c1-21(2)27-24(9-6-14-36-27)28-26(35)29-25(17-37-28)30(39-31(38-29)44-20-34-12-7-15-41(34)16-8-13-34)40-18-22-10-11-23(19-40)42(22)32(43)45-33(3,4)5/h6,9,14,17,21-23H,7-8,10-13,15-16,18-20H2,1-5H3/t22-,23+. The zero-order valence-electron chi connectivity index (χ0n) is 27.1. The molecule has 45 heavy (non-hydrogen) atoms. The molecule has 0 radical (unpaired) electrons. The molecular weight excluding hydrogens is 573 g/mol. The van der Waals surface area contributed by atoms with Gasteiger partial charge in [-0.25, -0.2) is 9.18 Å². The maximum Gasteiger partial charge on any atom is 0.410 e. The summed E-state index contributed by atoms with van der Waals surface area (Å²) < 4.78 is 28.8. The molecule has 0 spiro atoms. The quantitative estimate of drug-likeness (QED) is 0.333. The number of carbonyl (C=O) groups is 1. The Morgan fingerprint density at radius 1 is 1.09 bits per heavy atom. The third-order valence-corrected chi connectivity index (χ3v) is 9.95. The predicted molar refractivity (Wildman–Crippen MR) is 170 cm³/mol. The molecule has 4 fully saturated rings. The normalized spacial score (nSPS) is 22.8. The highest BCUT2D eigenvalue weighted by molar-refractivity contribution is 5.92. The second-order valence-electron chi connectivity index (χ2n) is 14.5. The summed E-state index contributed by atoms with van der Waals surface area (Å²) in [4.78, 5) is 38.5. The Hall–Kier alpha value is -3.60. The van der Waals surface area contributed by atoms with Gasteiger partial charge in [-0.15, -0.1) is 0 Å². The summed E-state index contributed by atoms with van der Waals surface area (Å²) in [5.41, 5.74) is 1.28. The van der Waals surface area contributed by atoms with Crippen LogP contribution in [0.15, 0.2) is 24.5 Å². The van der Waals surface area contributed by atoms with E-state index in [2.05, 4.69) is 19.8 Å². The van der Waals surface area contributed by atoms with Crippen LogP contribution >= 0.6 is 0 Å². The first-order chi connectivity index (χ1) is 21.5. The molecule has 7 rings (SSSR count). The van der Waals surface area contributed by atoms with Gasteiger partial charge in [0.2, 0.25) is 0 Å². The van der Waals surface area contributed by atoms with Crippen LogP contribution in [0, 0.1) is 5.82 Å². The highest BCUT2D eigenvalue weighted by atomic mass is 19.1. The Morgan fingerprint density at radius 2 is 1.80 bits per heavy atom. The molecule has 3 aromatic heterocycles. The minimum Gasteiger partial charge on any atom is -0.461 e. The highest BCUT2D eigenvalue weighted by Gasteiger charge is 2.46. The Balaban J connectivity index is 1.27. The number of piperazine rings is 1. The molecule has 2 atom stereocenters. The summed E-state index contributed by atoms with van der Waals surface area (Å²) in [5.74, 6) is 0.179. The molecule has 0 aliphatic carbocycles. The molecule has 1 amide bonds. The van der Waals surface area contributed by atoms with Crippen LogP contribution in [0.5, 0.6) is 6.01 Å². The number of amides is 1. The molecule has 3 aromatic rings. The van der Waals surface area contributed by atoms with Crippen molar-refractivity contribution in [3.63, 3.8) is 0 Å². The van der Waals surface area contributed by atoms with E-state index >= 15 is 4.39 Å². The second kappa shape index (κ2) is 11.3. The van der Waals surface area contributed by atoms with Crippen LogP contribution in [0.4, 0.5) is 15.0 Å². The molecule has 4 aliphatic heterocycles. The number of aromatic nitrogens is 4. The summed E-state index contributed by atoms with van der Waals surface area (Å²) >= 11 is 0. The average molecular weight is 618 g/mol. The van der Waals surface area contributed by atoms with Crippen molar-refractivity contribution in [2.75, 3.05) is 37.7 Å². The van der Waals surface area contributed by atoms with E-state index in [1.54, 1.807) is 18.5 Å². The van der Waals surface area contributed by atoms with Crippen LogP contribution in [0.25, 0.3) is 22.2 Å². The van der Waals surface area contributed by atoms with Crippen LogP contribution in [-0.2, 0) is 4.74 Å². The van der Waals surface area contributed by atoms with Crippen molar-refractivity contribution in [1.82, 2.24) is 29.7 Å². The minimum atomic E-state index is -0.568. The third kappa shape index (κ3) is 5.47. The monoisotopic (exact) mass is 617 g/mol. The first-order valence-electron chi connectivity index (χ1n) is 16.5. The lowest BCUT2D eigenvalue weighted by molar-refractivity contribution is 0.0122. The van der Waals surface area contributed by atoms with Gasteiger partial charge in [0.25, 0.3) is 0 Å². The third-order valence-electron chi connectivity index (χ3n) is 9.95. The lowest BCUT2D eigenvalue weighted by Gasteiger charge is -2.42. The van der Waals surface area contributed by atoms with E-state index in [1.165, 1.54) is 0 Å². The van der Waals surface area contributed by atoms with Crippen molar-refractivity contribution in [2.45, 2.75) is 102 Å². The molecule has 10 nitrogen and oxygen atoms in total. The van der Waals surface area contributed by atoms with Gasteiger partial charge in [0.15, 0.2) is 5.82 Å². The van der Waals surface area contributed by atoms with Crippen LogP contribution in [-0.4, -0.2) is 91.8 Å². The molecule has 0 N–H and O–H groups in total. The molecule has 0 aromatic carbocycles. The van der Waals surface area contributed by atoms with Gasteiger partial charge in [0.05, 0.1) is 28.7 Å². The van der Waals surface area contributed by atoms with Crippen molar-refractivity contribution in [3.05, 3.63) is 36.0 Å². The van der Waals surface area contributed by atoms with Gasteiger partial charge in [-0.2, -0.15) is 9.97 Å². The van der Waals surface area contributed by atoms with E-state index in [0.717, 1.165) is 57.3 Å². The van der Waals surface area contributed by atoms with Gasteiger partial charge in [-0.05, 0) is 90.4 Å². The molecule has 2 bridgehead atoms. The van der Waals surface area contributed by atoms with Crippen LogP contribution in [0.1, 0.15) is 84.8 Å². The van der Waals surface area contributed by atoms with Crippen LogP contribution < -0.4 is 9.64 Å². The largest absolute Gasteiger partial charge is 0.461 e. The number of pyridine rings is 2. The van der Waals surface area contributed by atoms with Gasteiger partial charge >= 0.3 is 12.1 Å². The maximum atomic E-state index is 16.6. The van der Waals surface area contributed by atoms with Gasteiger partial charge in [0, 0.05) is 31.0 Å². The zero-order valence-corrected chi connectivity index (χ0v) is 27.1. The second-order valence-corrected chi connectivity index (χ2v) is 14.5. The number of hydrogen-bond donors (Lipinski definition) is 0. The van der Waals surface area contributed by atoms with E-state index in [4.69, 9.17) is 19.4 Å². The Bertz CT molecular complexity index is 1580. The smallest absolute Gasteiger partial charge is 0.410 e. The van der Waals surface area contributed by atoms with Crippen LogP contribution in [0.2, 0.25) is 0 Å². The lowest BCUT2D eigenvalue weighted by atomic mass is 9.95. The lowest BCUT2D eigenvalue weighted by Crippen LogP contribution is -2.57. The first-order valence-corrected chi connectivity index (χ1v) is 16.5. The van der Waals surface area contributed by atoms with E-state index in [9.17, 15) is 4.79 Å². The number of rotatable bonds is 6. The minimum absolute atomic E-state index is 0.000449. The van der Waals surface area contributed by atoms with E-state index in [-0.39, 0.29) is 46.9 Å². The van der Waals surface area contributed by atoms with E-state index < -0.39 is 11.4 Å². The number of halogens is 1. The number of nitrogens with zero attached hydrogens (tertiary/aromatic N) is 7. The van der Waals surface area contributed by atoms with Crippen molar-refractivity contribution < 1.29 is 18.7 Å². The SMILES string of the molecule is CC(C)c1ncccc1-c1ncc2c(N3C[C@H]4CC[C@@H](C3)N4C(=O)OC(C)(C)C)nc(OCC34CCCN3CCC4)nc2c1F. The molecule has 7 heterocycles. The summed E-state index contributed by atoms with van der Waals surface area (Å²) in [7, 11) is 0. The number of anilines is 1. The molecule has 240 valence electrons. The van der Waals surface area contributed by atoms with Crippen LogP contribution in [0.3, 0.4) is 0 Å². The van der Waals surface area contributed by atoms with Gasteiger partial charge < -0.3 is 14.4 Å². The molecule has 0 unspecified atom stereocenters. The molecule has 4 saturated heterocycles. The van der Waals surface area contributed by atoms with Crippen molar-refractivity contribution in [1.29, 1.82) is 0 Å². The molecule has 11 heteroatoms. The average Bonchev–Trinajstić information content (AvgIpc) is 3.66. The van der Waals surface area contributed by atoms with Crippen molar-refractivity contribution >= 4 is 22.8 Å². The van der Waals surface area contributed by atoms with Crippen molar-refractivity contribution in [2.24, 2.45) is 0 Å². The van der Waals surface area contributed by atoms with Gasteiger partial charge in [-0.1, -0.05) is 13.8 Å². The fourth-order valence-electron chi connectivity index (χ4n) is 7.94. The topological polar surface area (TPSA) is 96.8 Å². The summed E-state index contributed by atoms with van der Waals surface area (Å²) in [6.45, 7) is 13.5. The summed E-state index contributed by atoms with van der Waals surface area (Å²) in [5, 5.41) is 0.533. The van der Waals surface area contributed by atoms with Crippen molar-refractivity contribution in [3.8, 4) is 17.3 Å². The van der Waals surface area contributed by atoms with E-state index in [1.807, 2.05) is 45.6 Å². The Morgan fingerprint density at radius 3 is 2.47 bits per heavy atom. The Labute approximate surface area is 264 Å². The molecule has 4 aliphatic rings. The fourth-order valence-corrected chi connectivity index (χ4v) is 7.94. The molecular formula is C34H44FN7O3. The first kappa shape index (κ1) is 30.1. The fraction of sp³-hybridized carbons (Fsp3) is 0.618. The van der Waals surface area contributed by atoms with E-state index in [0.29, 0.717) is 36.5 Å². The zero-order chi connectivity index (χ0) is 31.5.